The second kappa shape index (κ2) is 5.49. The summed E-state index contributed by atoms with van der Waals surface area (Å²) in [5, 5.41) is 14.1. The summed E-state index contributed by atoms with van der Waals surface area (Å²) in [6.45, 7) is 0.586. The third kappa shape index (κ3) is 3.24. The molecule has 2 rings (SSSR count). The van der Waals surface area contributed by atoms with E-state index in [1.54, 1.807) is 7.05 Å². The van der Waals surface area contributed by atoms with E-state index in [9.17, 15) is 18.0 Å². The van der Waals surface area contributed by atoms with Crippen LogP contribution in [-0.2, 0) is 21.9 Å². The minimum Gasteiger partial charge on any atom is -0.481 e. The number of nitrogens with two attached hydrogens (primary N) is 1. The molecular weight excluding hydrogens is 298 g/mol. The summed E-state index contributed by atoms with van der Waals surface area (Å²) in [6, 6.07) is 1.21. The van der Waals surface area contributed by atoms with E-state index in [1.807, 2.05) is 0 Å². The molecule has 1 saturated heterocycles. The van der Waals surface area contributed by atoms with E-state index < -0.39 is 27.8 Å². The van der Waals surface area contributed by atoms with Crippen molar-refractivity contribution < 1.29 is 23.1 Å². The van der Waals surface area contributed by atoms with Crippen molar-refractivity contribution in [2.75, 3.05) is 13.1 Å². The molecule has 0 bridgehead atoms. The van der Waals surface area contributed by atoms with Crippen molar-refractivity contribution in [1.82, 2.24) is 9.47 Å². The number of aromatic nitrogens is 1. The Kier molecular flexibility index (Phi) is 4.06. The number of primary sulfonamides is 1. The van der Waals surface area contributed by atoms with Crippen LogP contribution in [0.2, 0.25) is 0 Å². The fraction of sp³-hybridized carbons (Fsp3) is 0.500. The van der Waals surface area contributed by atoms with Gasteiger partial charge >= 0.3 is 5.97 Å². The minimum atomic E-state index is -3.88. The Labute approximate surface area is 122 Å². The number of aryl methyl sites for hydroxylation is 1. The molecule has 1 aliphatic rings. The molecule has 1 fully saturated rings. The molecule has 2 heterocycles. The lowest BCUT2D eigenvalue weighted by Crippen LogP contribution is -2.42. The summed E-state index contributed by atoms with van der Waals surface area (Å²) >= 11 is 0. The van der Waals surface area contributed by atoms with Crippen LogP contribution in [0.15, 0.2) is 17.2 Å². The number of piperidine rings is 1. The van der Waals surface area contributed by atoms with E-state index in [2.05, 4.69) is 0 Å². The second-order valence-electron chi connectivity index (χ2n) is 5.15. The maximum Gasteiger partial charge on any atom is 0.308 e. The highest BCUT2D eigenvalue weighted by molar-refractivity contribution is 7.89. The number of hydrogen-bond acceptors (Lipinski definition) is 4. The summed E-state index contributed by atoms with van der Waals surface area (Å²) in [7, 11) is -2.34. The van der Waals surface area contributed by atoms with Gasteiger partial charge in [-0.15, -0.1) is 0 Å². The smallest absolute Gasteiger partial charge is 0.308 e. The Hall–Kier alpha value is -1.87. The van der Waals surface area contributed by atoms with Crippen LogP contribution >= 0.6 is 0 Å². The van der Waals surface area contributed by atoms with Gasteiger partial charge in [-0.2, -0.15) is 0 Å². The van der Waals surface area contributed by atoms with Gasteiger partial charge in [-0.25, -0.2) is 13.6 Å². The number of hydrogen-bond donors (Lipinski definition) is 2. The maximum absolute atomic E-state index is 12.4. The molecule has 0 saturated carbocycles. The Morgan fingerprint density at radius 1 is 1.43 bits per heavy atom. The number of likely N-dealkylation sites (tertiary alicyclic amines) is 1. The molecule has 8 nitrogen and oxygen atoms in total. The molecule has 1 aliphatic heterocycles. The van der Waals surface area contributed by atoms with Gasteiger partial charge in [-0.3, -0.25) is 9.59 Å². The van der Waals surface area contributed by atoms with E-state index in [0.717, 1.165) is 0 Å². The number of carbonyl (C=O) groups is 2. The van der Waals surface area contributed by atoms with E-state index in [4.69, 9.17) is 10.2 Å². The van der Waals surface area contributed by atoms with Gasteiger partial charge in [0.2, 0.25) is 10.0 Å². The van der Waals surface area contributed by atoms with Gasteiger partial charge in [0.1, 0.15) is 10.6 Å². The van der Waals surface area contributed by atoms with Gasteiger partial charge in [-0.1, -0.05) is 0 Å². The first kappa shape index (κ1) is 15.5. The third-order valence-corrected chi connectivity index (χ3v) is 4.47. The van der Waals surface area contributed by atoms with Crippen LogP contribution in [0.4, 0.5) is 0 Å². The van der Waals surface area contributed by atoms with Crippen LogP contribution in [0.3, 0.4) is 0 Å². The lowest BCUT2D eigenvalue weighted by atomic mass is 9.98. The topological polar surface area (TPSA) is 123 Å². The molecule has 1 aromatic rings. The number of carboxylic acids is 1. The lowest BCUT2D eigenvalue weighted by Gasteiger charge is -2.30. The first-order valence-electron chi connectivity index (χ1n) is 6.41. The Balaban J connectivity index is 2.24. The van der Waals surface area contributed by atoms with Crippen molar-refractivity contribution in [3.8, 4) is 0 Å². The van der Waals surface area contributed by atoms with Gasteiger partial charge in [0.05, 0.1) is 5.92 Å². The molecule has 9 heteroatoms. The van der Waals surface area contributed by atoms with Gasteiger partial charge in [-0.05, 0) is 18.9 Å². The molecule has 0 unspecified atom stereocenters. The number of carbonyl (C=O) groups excluding carboxylic acids is 1. The van der Waals surface area contributed by atoms with E-state index in [1.165, 1.54) is 21.7 Å². The zero-order chi connectivity index (χ0) is 15.8. The predicted octanol–water partition coefficient (Wildman–Crippen LogP) is -0.391. The fourth-order valence-electron chi connectivity index (χ4n) is 2.43. The number of nitrogens with zero attached hydrogens (tertiary/aromatic N) is 2. The van der Waals surface area contributed by atoms with Crippen molar-refractivity contribution in [1.29, 1.82) is 0 Å². The zero-order valence-electron chi connectivity index (χ0n) is 11.5. The summed E-state index contributed by atoms with van der Waals surface area (Å²) in [5.41, 5.74) is 0.171. The van der Waals surface area contributed by atoms with Crippen LogP contribution in [0, 0.1) is 5.92 Å². The molecular formula is C12H17N3O5S. The summed E-state index contributed by atoms with van der Waals surface area (Å²) < 4.78 is 24.0. The number of rotatable bonds is 3. The van der Waals surface area contributed by atoms with Crippen LogP contribution < -0.4 is 5.14 Å². The van der Waals surface area contributed by atoms with Gasteiger partial charge in [0.25, 0.3) is 5.91 Å². The summed E-state index contributed by atoms with van der Waals surface area (Å²) in [6.07, 6.45) is 2.41. The number of aliphatic carboxylic acids is 1. The Morgan fingerprint density at radius 3 is 2.62 bits per heavy atom. The van der Waals surface area contributed by atoms with Gasteiger partial charge < -0.3 is 14.6 Å². The lowest BCUT2D eigenvalue weighted by molar-refractivity contribution is -0.143. The maximum atomic E-state index is 12.4. The molecule has 116 valence electrons. The van der Waals surface area contributed by atoms with E-state index in [0.29, 0.717) is 19.4 Å². The Bertz CT molecular complexity index is 679. The molecule has 21 heavy (non-hydrogen) atoms. The molecule has 1 amide bonds. The quantitative estimate of drug-likeness (QED) is 0.786. The third-order valence-electron chi connectivity index (χ3n) is 3.59. The predicted molar refractivity (Wildman–Crippen MR) is 73.0 cm³/mol. The van der Waals surface area contributed by atoms with E-state index >= 15 is 0 Å². The minimum absolute atomic E-state index is 0.129. The van der Waals surface area contributed by atoms with Crippen molar-refractivity contribution in [2.45, 2.75) is 17.7 Å². The van der Waals surface area contributed by atoms with Crippen LogP contribution in [0.5, 0.6) is 0 Å². The first-order chi connectivity index (χ1) is 9.70. The van der Waals surface area contributed by atoms with Crippen LogP contribution in [0.25, 0.3) is 0 Å². The number of carboxylic acid groups (broad SMARTS) is 1. The molecule has 0 aromatic carbocycles. The molecule has 1 atom stereocenters. The molecule has 3 N–H and O–H groups in total. The summed E-state index contributed by atoms with van der Waals surface area (Å²) in [5.74, 6) is -1.90. The van der Waals surface area contributed by atoms with Crippen molar-refractivity contribution >= 4 is 21.9 Å². The Morgan fingerprint density at radius 2 is 2.10 bits per heavy atom. The first-order valence-corrected chi connectivity index (χ1v) is 7.96. The SMILES string of the molecule is Cn1cc(S(N)(=O)=O)cc1C(=O)N1CCC[C@@H](C(=O)O)C1. The zero-order valence-corrected chi connectivity index (χ0v) is 12.3. The van der Waals surface area contributed by atoms with Crippen molar-refractivity contribution in [2.24, 2.45) is 18.1 Å². The normalized spacial score (nSPS) is 19.5. The highest BCUT2D eigenvalue weighted by Crippen LogP contribution is 2.20. The van der Waals surface area contributed by atoms with Crippen molar-refractivity contribution in [3.05, 3.63) is 18.0 Å². The monoisotopic (exact) mass is 315 g/mol. The molecule has 0 aliphatic carbocycles. The average Bonchev–Trinajstić information content (AvgIpc) is 2.80. The average molecular weight is 315 g/mol. The summed E-state index contributed by atoms with van der Waals surface area (Å²) in [4.78, 5) is 24.7. The molecule has 0 spiro atoms. The van der Waals surface area contributed by atoms with Crippen LogP contribution in [-0.4, -0.2) is 48.0 Å². The number of sulfonamides is 1. The van der Waals surface area contributed by atoms with E-state index in [-0.39, 0.29) is 17.1 Å². The fourth-order valence-corrected chi connectivity index (χ4v) is 3.01. The highest BCUT2D eigenvalue weighted by atomic mass is 32.2. The largest absolute Gasteiger partial charge is 0.481 e. The van der Waals surface area contributed by atoms with Crippen molar-refractivity contribution in [3.63, 3.8) is 0 Å². The highest BCUT2D eigenvalue weighted by Gasteiger charge is 2.30. The number of amides is 1. The van der Waals surface area contributed by atoms with Gasteiger partial charge in [0, 0.05) is 26.3 Å². The standard InChI is InChI=1S/C12H17N3O5S/c1-14-7-9(21(13,19)20)5-10(14)11(16)15-4-2-3-8(6-15)12(17)18/h5,7-8H,2-4,6H2,1H3,(H,17,18)(H2,13,19,20)/t8-/m1/s1. The molecule has 0 radical (unpaired) electrons. The second-order valence-corrected chi connectivity index (χ2v) is 6.71. The van der Waals surface area contributed by atoms with Crippen LogP contribution in [0.1, 0.15) is 23.3 Å². The van der Waals surface area contributed by atoms with Gasteiger partial charge in [0.15, 0.2) is 0 Å². The molecule has 1 aromatic heterocycles.